The molecule has 38 heavy (non-hydrogen) atoms. The Morgan fingerprint density at radius 2 is 1.74 bits per heavy atom. The fraction of sp³-hybridized carbons (Fsp3) is 0.606. The molecular weight excluding hydrogens is 472 g/mol. The number of nitrogens with zero attached hydrogens (tertiary/aromatic N) is 1. The van der Waals surface area contributed by atoms with E-state index in [9.17, 15) is 9.59 Å². The number of benzene rings is 1. The average molecular weight is 525 g/mol. The van der Waals surface area contributed by atoms with Crippen molar-refractivity contribution in [3.63, 3.8) is 0 Å². The van der Waals surface area contributed by atoms with Crippen molar-refractivity contribution in [2.75, 3.05) is 0 Å². The summed E-state index contributed by atoms with van der Waals surface area (Å²) in [5.41, 5.74) is 5.22. The first-order valence-corrected chi connectivity index (χ1v) is 14.1. The van der Waals surface area contributed by atoms with E-state index in [2.05, 4.69) is 58.1 Å². The van der Waals surface area contributed by atoms with Gasteiger partial charge in [-0.15, -0.1) is 0 Å². The van der Waals surface area contributed by atoms with Crippen LogP contribution in [0.4, 0.5) is 5.69 Å². The lowest BCUT2D eigenvalue weighted by Crippen LogP contribution is -2.41. The summed E-state index contributed by atoms with van der Waals surface area (Å²) >= 11 is 0. The van der Waals surface area contributed by atoms with Gasteiger partial charge >= 0.3 is 5.97 Å². The monoisotopic (exact) mass is 524 g/mol. The summed E-state index contributed by atoms with van der Waals surface area (Å²) in [6.45, 7) is 24.6. The van der Waals surface area contributed by atoms with Crippen LogP contribution in [-0.2, 0) is 20.9 Å². The molecule has 1 N–H and O–H groups in total. The maximum absolute atomic E-state index is 12.8. The van der Waals surface area contributed by atoms with Crippen LogP contribution in [0.1, 0.15) is 100 Å². The van der Waals surface area contributed by atoms with Gasteiger partial charge in [-0.25, -0.2) is 0 Å². The number of aliphatic imine (C=N–C) groups is 1. The predicted molar refractivity (Wildman–Crippen MR) is 161 cm³/mol. The third-order valence-corrected chi connectivity index (χ3v) is 6.44. The van der Waals surface area contributed by atoms with Crippen molar-refractivity contribution in [1.82, 2.24) is 5.32 Å². The van der Waals surface area contributed by atoms with Crippen LogP contribution in [0.3, 0.4) is 0 Å². The van der Waals surface area contributed by atoms with Crippen molar-refractivity contribution in [2.45, 2.75) is 114 Å². The molecule has 0 fully saturated rings. The molecule has 0 aliphatic rings. The Labute approximate surface area is 232 Å². The van der Waals surface area contributed by atoms with Gasteiger partial charge in [0.1, 0.15) is 11.6 Å². The first-order chi connectivity index (χ1) is 17.6. The third-order valence-electron chi connectivity index (χ3n) is 6.44. The van der Waals surface area contributed by atoms with Crippen molar-refractivity contribution < 1.29 is 14.3 Å². The quantitative estimate of drug-likeness (QED) is 0.123. The number of ketones is 1. The molecule has 0 aliphatic heterocycles. The average Bonchev–Trinajstić information content (AvgIpc) is 2.82. The summed E-state index contributed by atoms with van der Waals surface area (Å²) in [6.07, 6.45) is 5.66. The van der Waals surface area contributed by atoms with Crippen molar-refractivity contribution in [2.24, 2.45) is 22.7 Å². The number of esters is 1. The molecule has 0 bridgehead atoms. The maximum Gasteiger partial charge on any atom is 0.323 e. The molecule has 0 saturated heterocycles. The number of Topliss-reactive ketones (excluding diaryl/α,β-unsaturated/α-hetero) is 1. The van der Waals surface area contributed by atoms with E-state index in [1.807, 2.05) is 60.6 Å². The maximum atomic E-state index is 12.8. The molecule has 0 amide bonds. The van der Waals surface area contributed by atoms with Gasteiger partial charge in [-0.3, -0.25) is 14.6 Å². The van der Waals surface area contributed by atoms with Crippen LogP contribution in [-0.4, -0.2) is 29.1 Å². The van der Waals surface area contributed by atoms with E-state index in [1.165, 1.54) is 0 Å². The number of carbonyl (C=O) groups excluding carboxylic acids is 2. The second-order valence-electron chi connectivity index (χ2n) is 12.1. The lowest BCUT2D eigenvalue weighted by Gasteiger charge is -2.25. The summed E-state index contributed by atoms with van der Waals surface area (Å²) < 4.78 is 5.67. The van der Waals surface area contributed by atoms with Crippen molar-refractivity contribution in [1.29, 1.82) is 0 Å². The highest BCUT2D eigenvalue weighted by Gasteiger charge is 2.25. The van der Waals surface area contributed by atoms with Gasteiger partial charge in [0.25, 0.3) is 0 Å². The summed E-state index contributed by atoms with van der Waals surface area (Å²) in [7, 11) is 0. The van der Waals surface area contributed by atoms with Gasteiger partial charge in [0.05, 0.1) is 11.4 Å². The Kier molecular flexibility index (Phi) is 13.4. The number of allylic oxidation sites excluding steroid dienone is 4. The number of aryl methyl sites for hydroxylation is 1. The minimum absolute atomic E-state index is 0.0417. The number of ether oxygens (including phenoxy) is 1. The van der Waals surface area contributed by atoms with Gasteiger partial charge in [-0.05, 0) is 101 Å². The summed E-state index contributed by atoms with van der Waals surface area (Å²) in [5, 5.41) is 3.43. The number of nitrogens with one attached hydrogen (secondary N) is 1. The van der Waals surface area contributed by atoms with Gasteiger partial charge in [0.2, 0.25) is 0 Å². The molecule has 0 aromatic heterocycles. The van der Waals surface area contributed by atoms with Crippen LogP contribution >= 0.6 is 0 Å². The normalized spacial score (nSPS) is 15.2. The highest BCUT2D eigenvalue weighted by atomic mass is 16.6. The highest BCUT2D eigenvalue weighted by molar-refractivity contribution is 6.07. The SMILES string of the molecule is C/C=C(\C=C(\C)C(=O)C(C)C)C(=N/c1cc(CNC(CC(C)C)C(=O)OC(C)(C)C)ccc1C)/C(C)CC. The van der Waals surface area contributed by atoms with Crippen LogP contribution in [0.25, 0.3) is 0 Å². The summed E-state index contributed by atoms with van der Waals surface area (Å²) in [5.74, 6) is 0.474. The first kappa shape index (κ1) is 33.5. The molecule has 2 atom stereocenters. The van der Waals surface area contributed by atoms with E-state index < -0.39 is 5.60 Å². The van der Waals surface area contributed by atoms with Crippen molar-refractivity contribution in [3.8, 4) is 0 Å². The topological polar surface area (TPSA) is 67.8 Å². The number of carbonyl (C=O) groups is 2. The standard InChI is InChI=1S/C33H52N2O3/c1-13-23(7)30(27(14-2)18-25(9)31(36)22(5)6)35-28-19-26(16-15-24(28)8)20-34-29(17-21(3)4)32(37)38-33(10,11)12/h14-16,18-19,21-23,29,34H,13,17,20H2,1-12H3/b25-18-,27-14+,35-30+. The van der Waals surface area contributed by atoms with Crippen LogP contribution in [0.2, 0.25) is 0 Å². The second kappa shape index (κ2) is 15.2. The fourth-order valence-corrected chi connectivity index (χ4v) is 4.08. The van der Waals surface area contributed by atoms with Crippen molar-refractivity contribution in [3.05, 3.63) is 52.6 Å². The Bertz CT molecular complexity index is 1040. The largest absolute Gasteiger partial charge is 0.459 e. The smallest absolute Gasteiger partial charge is 0.323 e. The second-order valence-corrected chi connectivity index (χ2v) is 12.1. The minimum atomic E-state index is -0.525. The molecule has 1 aromatic carbocycles. The molecular formula is C33H52N2O3. The van der Waals surface area contributed by atoms with E-state index in [4.69, 9.17) is 9.73 Å². The molecule has 1 rings (SSSR count). The highest BCUT2D eigenvalue weighted by Crippen LogP contribution is 2.26. The lowest BCUT2D eigenvalue weighted by molar-refractivity contribution is -0.158. The molecule has 1 aromatic rings. The Balaban J connectivity index is 3.35. The van der Waals surface area contributed by atoms with Crippen LogP contribution < -0.4 is 5.32 Å². The summed E-state index contributed by atoms with van der Waals surface area (Å²) in [4.78, 5) is 30.5. The predicted octanol–water partition coefficient (Wildman–Crippen LogP) is 8.08. The Morgan fingerprint density at radius 1 is 1.11 bits per heavy atom. The van der Waals surface area contributed by atoms with E-state index >= 15 is 0 Å². The molecule has 5 heteroatoms. The van der Waals surface area contributed by atoms with Crippen LogP contribution in [0.15, 0.2) is 46.5 Å². The van der Waals surface area contributed by atoms with E-state index in [0.29, 0.717) is 18.9 Å². The Morgan fingerprint density at radius 3 is 2.24 bits per heavy atom. The zero-order valence-electron chi connectivity index (χ0n) is 26.0. The third kappa shape index (κ3) is 11.1. The number of hydrogen-bond acceptors (Lipinski definition) is 5. The van der Waals surface area contributed by atoms with Gasteiger partial charge in [-0.1, -0.05) is 59.8 Å². The van der Waals surface area contributed by atoms with Gasteiger partial charge in [0.15, 0.2) is 5.78 Å². The number of hydrogen-bond donors (Lipinski definition) is 1. The van der Waals surface area contributed by atoms with E-state index in [-0.39, 0.29) is 29.6 Å². The van der Waals surface area contributed by atoms with Gasteiger partial charge in [-0.2, -0.15) is 0 Å². The lowest BCUT2D eigenvalue weighted by atomic mass is 9.92. The van der Waals surface area contributed by atoms with Gasteiger partial charge < -0.3 is 10.1 Å². The molecule has 5 nitrogen and oxygen atoms in total. The zero-order chi connectivity index (χ0) is 29.2. The minimum Gasteiger partial charge on any atom is -0.459 e. The number of rotatable bonds is 13. The molecule has 0 spiro atoms. The zero-order valence-corrected chi connectivity index (χ0v) is 26.0. The first-order valence-electron chi connectivity index (χ1n) is 14.1. The van der Waals surface area contributed by atoms with E-state index in [1.54, 1.807) is 0 Å². The molecule has 2 unspecified atom stereocenters. The molecule has 0 heterocycles. The summed E-state index contributed by atoms with van der Waals surface area (Å²) in [6, 6.07) is 5.87. The molecule has 0 saturated carbocycles. The van der Waals surface area contributed by atoms with Crippen molar-refractivity contribution >= 4 is 23.2 Å². The fourth-order valence-electron chi connectivity index (χ4n) is 4.08. The molecule has 0 aliphatic carbocycles. The Hall–Kier alpha value is -2.53. The van der Waals surface area contributed by atoms with Gasteiger partial charge in [0, 0.05) is 12.5 Å². The van der Waals surface area contributed by atoms with Crippen LogP contribution in [0.5, 0.6) is 0 Å². The molecule has 212 valence electrons. The molecule has 0 radical (unpaired) electrons. The van der Waals surface area contributed by atoms with E-state index in [0.717, 1.165) is 40.1 Å². The van der Waals surface area contributed by atoms with Crippen LogP contribution in [0, 0.1) is 24.7 Å².